The first kappa shape index (κ1) is 17.3. The largest absolute Gasteiger partial charge is 0.396 e. The van der Waals surface area contributed by atoms with E-state index in [1.165, 1.54) is 19.4 Å². The highest BCUT2D eigenvalue weighted by atomic mass is 19.1. The molecule has 0 spiro atoms. The van der Waals surface area contributed by atoms with Crippen molar-refractivity contribution in [1.82, 2.24) is 9.80 Å². The molecule has 0 saturated carbocycles. The van der Waals surface area contributed by atoms with Crippen LogP contribution < -0.4 is 4.90 Å². The summed E-state index contributed by atoms with van der Waals surface area (Å²) in [6, 6.07) is 6.80. The maximum absolute atomic E-state index is 14.6. The highest BCUT2D eigenvalue weighted by Crippen LogP contribution is 2.29. The lowest BCUT2D eigenvalue weighted by Gasteiger charge is -2.43. The van der Waals surface area contributed by atoms with Gasteiger partial charge in [0.15, 0.2) is 0 Å². The van der Waals surface area contributed by atoms with Gasteiger partial charge in [-0.05, 0) is 56.3 Å². The Morgan fingerprint density at radius 1 is 1.08 bits per heavy atom. The number of halogens is 1. The molecule has 0 amide bonds. The van der Waals surface area contributed by atoms with Crippen LogP contribution in [0.4, 0.5) is 10.1 Å². The average molecular weight is 347 g/mol. The van der Waals surface area contributed by atoms with Gasteiger partial charge < -0.3 is 10.0 Å². The molecule has 1 N–H and O–H groups in total. The van der Waals surface area contributed by atoms with Gasteiger partial charge in [0.25, 0.3) is 0 Å². The quantitative estimate of drug-likeness (QED) is 0.886. The van der Waals surface area contributed by atoms with Crippen molar-refractivity contribution in [2.45, 2.75) is 50.7 Å². The maximum atomic E-state index is 14.6. The van der Waals surface area contributed by atoms with Crippen LogP contribution in [0.2, 0.25) is 0 Å². The number of aliphatic hydroxyl groups is 1. The van der Waals surface area contributed by atoms with Crippen LogP contribution >= 0.6 is 0 Å². The molecule has 3 saturated heterocycles. The van der Waals surface area contributed by atoms with Crippen LogP contribution in [0.3, 0.4) is 0 Å². The van der Waals surface area contributed by atoms with E-state index in [1.807, 2.05) is 6.07 Å². The van der Waals surface area contributed by atoms with Crippen LogP contribution in [0.5, 0.6) is 0 Å². The molecule has 3 heterocycles. The average Bonchev–Trinajstić information content (AvgIpc) is 3.27. The summed E-state index contributed by atoms with van der Waals surface area (Å²) < 4.78 is 14.6. The first-order valence-electron chi connectivity index (χ1n) is 9.87. The van der Waals surface area contributed by atoms with Crippen molar-refractivity contribution in [2.75, 3.05) is 44.2 Å². The van der Waals surface area contributed by atoms with Crippen LogP contribution in [-0.2, 0) is 6.54 Å². The van der Waals surface area contributed by atoms with E-state index in [-0.39, 0.29) is 12.4 Å². The lowest BCUT2D eigenvalue weighted by Crippen LogP contribution is -2.55. The highest BCUT2D eigenvalue weighted by Gasteiger charge is 2.35. The molecule has 0 aromatic heterocycles. The summed E-state index contributed by atoms with van der Waals surface area (Å²) in [7, 11) is 0. The Kier molecular flexibility index (Phi) is 5.25. The summed E-state index contributed by atoms with van der Waals surface area (Å²) >= 11 is 0. The third-order valence-electron chi connectivity index (χ3n) is 6.21. The van der Waals surface area contributed by atoms with Gasteiger partial charge in [0, 0.05) is 51.4 Å². The summed E-state index contributed by atoms with van der Waals surface area (Å²) in [6.07, 6.45) is 5.68. The number of hydrogen-bond acceptors (Lipinski definition) is 4. The molecule has 25 heavy (non-hydrogen) atoms. The number of piperazine rings is 1. The van der Waals surface area contributed by atoms with Gasteiger partial charge in [-0.25, -0.2) is 4.39 Å². The van der Waals surface area contributed by atoms with E-state index in [0.717, 1.165) is 63.2 Å². The number of fused-ring (bicyclic) bond motifs is 1. The van der Waals surface area contributed by atoms with Gasteiger partial charge in [-0.1, -0.05) is 6.07 Å². The zero-order chi connectivity index (χ0) is 17.2. The van der Waals surface area contributed by atoms with Crippen LogP contribution in [0.15, 0.2) is 18.2 Å². The minimum atomic E-state index is -0.0855. The Morgan fingerprint density at radius 3 is 2.68 bits per heavy atom. The molecular weight excluding hydrogens is 317 g/mol. The molecule has 4 rings (SSSR count). The van der Waals surface area contributed by atoms with Gasteiger partial charge in [0.1, 0.15) is 5.82 Å². The number of hydrogen-bond donors (Lipinski definition) is 1. The van der Waals surface area contributed by atoms with E-state index in [9.17, 15) is 9.50 Å². The third-order valence-corrected chi connectivity index (χ3v) is 6.21. The molecule has 0 aliphatic carbocycles. The molecule has 0 radical (unpaired) electrons. The van der Waals surface area contributed by atoms with E-state index in [4.69, 9.17) is 0 Å². The fraction of sp³-hybridized carbons (Fsp3) is 0.700. The third kappa shape index (κ3) is 3.69. The predicted octanol–water partition coefficient (Wildman–Crippen LogP) is 2.46. The fourth-order valence-corrected chi connectivity index (χ4v) is 4.86. The van der Waals surface area contributed by atoms with Crippen molar-refractivity contribution in [3.8, 4) is 0 Å². The monoisotopic (exact) mass is 347 g/mol. The Hall–Kier alpha value is -1.17. The van der Waals surface area contributed by atoms with Crippen molar-refractivity contribution in [2.24, 2.45) is 0 Å². The van der Waals surface area contributed by atoms with Crippen molar-refractivity contribution in [3.63, 3.8) is 0 Å². The normalized spacial score (nSPS) is 27.8. The molecule has 3 aliphatic heterocycles. The Bertz CT molecular complexity index is 590. The summed E-state index contributed by atoms with van der Waals surface area (Å²) in [4.78, 5) is 7.20. The highest BCUT2D eigenvalue weighted by molar-refractivity contribution is 5.49. The minimum absolute atomic E-state index is 0.0855. The zero-order valence-electron chi connectivity index (χ0n) is 15.0. The van der Waals surface area contributed by atoms with Crippen LogP contribution in [0.25, 0.3) is 0 Å². The van der Waals surface area contributed by atoms with Gasteiger partial charge in [-0.2, -0.15) is 0 Å². The molecule has 5 heteroatoms. The first-order chi connectivity index (χ1) is 12.2. The fourth-order valence-electron chi connectivity index (χ4n) is 4.86. The number of benzene rings is 1. The van der Waals surface area contributed by atoms with E-state index in [1.54, 1.807) is 6.07 Å². The summed E-state index contributed by atoms with van der Waals surface area (Å²) in [5.41, 5.74) is 1.81. The number of rotatable bonds is 5. The topological polar surface area (TPSA) is 30.0 Å². The van der Waals surface area contributed by atoms with Crippen molar-refractivity contribution >= 4 is 5.69 Å². The predicted molar refractivity (Wildman–Crippen MR) is 98.3 cm³/mol. The molecule has 3 fully saturated rings. The van der Waals surface area contributed by atoms with Crippen molar-refractivity contribution < 1.29 is 9.50 Å². The second-order valence-corrected chi connectivity index (χ2v) is 7.87. The molecule has 2 atom stereocenters. The lowest BCUT2D eigenvalue weighted by atomic mass is 10.0. The lowest BCUT2D eigenvalue weighted by molar-refractivity contribution is 0.0333. The van der Waals surface area contributed by atoms with Crippen LogP contribution in [0.1, 0.15) is 37.7 Å². The molecule has 1 aromatic carbocycles. The SMILES string of the molecule is OCC[C@H]1CN2CCC[C@H]2CN1Cc1ccc(N2CCCC2)c(F)c1. The van der Waals surface area contributed by atoms with E-state index >= 15 is 0 Å². The van der Waals surface area contributed by atoms with Crippen LogP contribution in [-0.4, -0.2) is 66.3 Å². The molecular formula is C20H30FN3O. The number of aliphatic hydroxyl groups excluding tert-OH is 1. The second-order valence-electron chi connectivity index (χ2n) is 7.87. The second kappa shape index (κ2) is 7.60. The molecule has 0 unspecified atom stereocenters. The van der Waals surface area contributed by atoms with Crippen LogP contribution in [0, 0.1) is 5.82 Å². The van der Waals surface area contributed by atoms with Gasteiger partial charge in [0.05, 0.1) is 5.69 Å². The molecule has 3 aliphatic rings. The molecule has 4 nitrogen and oxygen atoms in total. The minimum Gasteiger partial charge on any atom is -0.396 e. The Balaban J connectivity index is 1.46. The van der Waals surface area contributed by atoms with Crippen molar-refractivity contribution in [1.29, 1.82) is 0 Å². The van der Waals surface area contributed by atoms with Crippen molar-refractivity contribution in [3.05, 3.63) is 29.6 Å². The van der Waals surface area contributed by atoms with Gasteiger partial charge in [0.2, 0.25) is 0 Å². The maximum Gasteiger partial charge on any atom is 0.146 e. The molecule has 138 valence electrons. The summed E-state index contributed by atoms with van der Waals surface area (Å²) in [5.74, 6) is -0.0855. The number of anilines is 1. The molecule has 1 aromatic rings. The van der Waals surface area contributed by atoms with E-state index in [2.05, 4.69) is 20.8 Å². The van der Waals surface area contributed by atoms with E-state index in [0.29, 0.717) is 12.1 Å². The number of nitrogens with zero attached hydrogens (tertiary/aromatic N) is 3. The first-order valence-corrected chi connectivity index (χ1v) is 9.87. The Morgan fingerprint density at radius 2 is 1.92 bits per heavy atom. The van der Waals surface area contributed by atoms with Gasteiger partial charge in [-0.15, -0.1) is 0 Å². The van der Waals surface area contributed by atoms with E-state index < -0.39 is 0 Å². The standard InChI is InChI=1S/C20H30FN3O/c21-19-12-16(5-6-20(19)22-8-1-2-9-22)13-24-15-17-4-3-10-23(17)14-18(24)7-11-25/h5-6,12,17-18,25H,1-4,7-11,13-15H2/t17-,18-/m0/s1. The molecule has 0 bridgehead atoms. The zero-order valence-corrected chi connectivity index (χ0v) is 15.0. The Labute approximate surface area is 150 Å². The summed E-state index contributed by atoms with van der Waals surface area (Å²) in [5, 5.41) is 9.43. The van der Waals surface area contributed by atoms with Gasteiger partial charge >= 0.3 is 0 Å². The smallest absolute Gasteiger partial charge is 0.146 e. The summed E-state index contributed by atoms with van der Waals surface area (Å²) in [6.45, 7) is 6.23. The van der Waals surface area contributed by atoms with Gasteiger partial charge in [-0.3, -0.25) is 9.80 Å².